The summed E-state index contributed by atoms with van der Waals surface area (Å²) in [6.07, 6.45) is 0.527. The van der Waals surface area contributed by atoms with Crippen LogP contribution in [-0.4, -0.2) is 99.4 Å². The summed E-state index contributed by atoms with van der Waals surface area (Å²) in [5.41, 5.74) is 10.2. The van der Waals surface area contributed by atoms with Gasteiger partial charge < -0.3 is 34.6 Å². The number of fused-ring (bicyclic) bond motifs is 6. The first-order valence-corrected chi connectivity index (χ1v) is 28.9. The maximum absolute atomic E-state index is 11.6. The molecule has 17 heteroatoms. The van der Waals surface area contributed by atoms with Gasteiger partial charge in [-0.15, -0.1) is 0 Å². The van der Waals surface area contributed by atoms with Crippen LogP contribution in [0.4, 0.5) is 0 Å². The van der Waals surface area contributed by atoms with Crippen LogP contribution in [0.1, 0.15) is 123 Å². The number of halogens is 1. The number of benzene rings is 4. The molecule has 394 valence electrons. The van der Waals surface area contributed by atoms with Gasteiger partial charge in [0.15, 0.2) is 0 Å². The van der Waals surface area contributed by atoms with Crippen LogP contribution in [0.2, 0.25) is 0 Å². The third-order valence-corrected chi connectivity index (χ3v) is 9.82. The number of nitrogens with zero attached hydrogens (tertiary/aromatic N) is 2. The number of para-hydroxylation sites is 4. The predicted molar refractivity (Wildman–Crippen MR) is 292 cm³/mol. The molecule has 12 nitrogen and oxygen atoms in total. The Kier molecular flexibility index (Phi) is 46.1. The molecule has 2 aliphatic rings. The first-order chi connectivity index (χ1) is 32.2. The maximum atomic E-state index is 11.6. The molecule has 8 rings (SSSR count). The zero-order valence-corrected chi connectivity index (χ0v) is 50.1. The summed E-state index contributed by atoms with van der Waals surface area (Å²) in [5, 5.41) is 25.9. The number of hydrogen-bond donors (Lipinski definition) is 4. The average molecular weight is 1100 g/mol. The smallest absolute Gasteiger partial charge is 0.229 e. The first kappa shape index (κ1) is 75.5. The molecule has 2 unspecified atom stereocenters. The summed E-state index contributed by atoms with van der Waals surface area (Å²) in [6.45, 7) is 33.4. The maximum Gasteiger partial charge on any atom is 0.229 e. The third kappa shape index (κ3) is 23.4. The Balaban J connectivity index is -0.000000281. The van der Waals surface area contributed by atoms with Crippen LogP contribution in [0.25, 0.3) is 43.6 Å². The minimum absolute atomic E-state index is 0. The molecule has 2 fully saturated rings. The Hall–Kier alpha value is -2.40. The van der Waals surface area contributed by atoms with Crippen LogP contribution in [0, 0.1) is 0 Å². The van der Waals surface area contributed by atoms with Gasteiger partial charge in [-0.25, -0.2) is 21.6 Å². The zero-order chi connectivity index (χ0) is 52.5. The number of ether oxygens (including phenoxy) is 2. The minimum Gasteiger partial charge on any atom is -0.389 e. The zero-order valence-electron chi connectivity index (χ0n) is 44.9. The van der Waals surface area contributed by atoms with Gasteiger partial charge >= 0.3 is 0 Å². The Bertz CT molecular complexity index is 2290. The second-order valence-electron chi connectivity index (χ2n) is 12.8. The summed E-state index contributed by atoms with van der Waals surface area (Å²) < 4.78 is 59.9. The monoisotopic (exact) mass is 1100 g/mol. The van der Waals surface area contributed by atoms with E-state index in [1.807, 2.05) is 171 Å². The number of rotatable bonds is 4. The van der Waals surface area contributed by atoms with Gasteiger partial charge in [-0.1, -0.05) is 184 Å². The molecule has 0 aliphatic carbocycles. The van der Waals surface area contributed by atoms with Gasteiger partial charge in [0.25, 0.3) is 0 Å². The topological polar surface area (TPSA) is 175 Å². The summed E-state index contributed by atoms with van der Waals surface area (Å²) >= 11 is 0. The second kappa shape index (κ2) is 42.1. The van der Waals surface area contributed by atoms with Crippen molar-refractivity contribution in [2.45, 2.75) is 147 Å². The van der Waals surface area contributed by atoms with E-state index in [4.69, 9.17) is 15.2 Å². The van der Waals surface area contributed by atoms with Crippen LogP contribution < -0.4 is 10.5 Å². The Morgan fingerprint density at radius 2 is 0.739 bits per heavy atom. The van der Waals surface area contributed by atoms with E-state index in [1.165, 1.54) is 10.8 Å². The van der Waals surface area contributed by atoms with Crippen LogP contribution in [0.3, 0.4) is 0 Å². The van der Waals surface area contributed by atoms with E-state index in [0.29, 0.717) is 19.8 Å². The number of sulfonamides is 1. The number of nitrogens with two attached hydrogens (primary N) is 1. The van der Waals surface area contributed by atoms with Crippen LogP contribution >= 0.6 is 10.7 Å². The number of aliphatic hydroxyl groups excluding tert-OH is 2. The summed E-state index contributed by atoms with van der Waals surface area (Å²) in [5.74, 6) is 0. The van der Waals surface area contributed by atoms with Crippen molar-refractivity contribution in [1.29, 1.82) is 0 Å². The quantitative estimate of drug-likeness (QED) is 0.125. The van der Waals surface area contributed by atoms with E-state index >= 15 is 0 Å². The van der Waals surface area contributed by atoms with Gasteiger partial charge in [0, 0.05) is 91.4 Å². The van der Waals surface area contributed by atoms with Crippen molar-refractivity contribution in [2.75, 3.05) is 38.9 Å². The van der Waals surface area contributed by atoms with Crippen molar-refractivity contribution < 1.29 is 73.6 Å². The SMILES string of the molecule is CC.CC.CC.CC.CC.CC.CC.CC.CS(=O)(=O)Cl.CS(=O)(=O)N[C@H]1COCC(n2c3ccccc3c3ccccc32)[C@@H]1O.N[C@H]1COCC(n2c3ccccc3c3ccccc32)[C@@H]1O.[V].[V]. The van der Waals surface area contributed by atoms with Gasteiger partial charge in [0.1, 0.15) is 0 Å². The molecule has 4 aromatic carbocycles. The Morgan fingerprint density at radius 1 is 0.493 bits per heavy atom. The van der Waals surface area contributed by atoms with Gasteiger partial charge in [-0.3, -0.25) is 0 Å². The molecular formula is C52H89ClN4O8S2V2. The largest absolute Gasteiger partial charge is 0.389 e. The van der Waals surface area contributed by atoms with Crippen molar-refractivity contribution in [3.63, 3.8) is 0 Å². The summed E-state index contributed by atoms with van der Waals surface area (Å²) in [7, 11) is -2.13. The van der Waals surface area contributed by atoms with Crippen molar-refractivity contribution in [3.8, 4) is 0 Å². The molecule has 2 saturated heterocycles. The molecule has 0 bridgehead atoms. The fourth-order valence-electron chi connectivity index (χ4n) is 7.04. The molecule has 69 heavy (non-hydrogen) atoms. The van der Waals surface area contributed by atoms with Crippen LogP contribution in [0.5, 0.6) is 0 Å². The normalized spacial score (nSPS) is 18.6. The standard InChI is InChI=1S/C18H20N2O4S.C17H18N2O2.8C2H6.CH3ClO2S.2V/c1-25(22,23)19-14-10-24-11-17(18(14)21)20-15-8-4-2-6-12(15)13-7-3-5-9-16(13)20;18-13-9-21-10-16(17(13)20)19-14-7-3-1-5-11(14)12-6-2-4-8-15(12)19;8*1-2;1-5(2,3)4;;/h2-9,14,17-19,21H,10-11H2,1H3;1-8,13,16-17,20H,9-10,18H2;8*1-2H3;1H3;;/t14-,17?,18+;13-,16?,17+;;;;;;;;;;;/m00.........../s1. The molecule has 2 radical (unpaired) electrons. The Labute approximate surface area is 446 Å². The van der Waals surface area contributed by atoms with Crippen LogP contribution in [0.15, 0.2) is 97.1 Å². The van der Waals surface area contributed by atoms with Gasteiger partial charge in [0.2, 0.25) is 19.1 Å². The fraction of sp³-hybridized carbons (Fsp3) is 0.538. The van der Waals surface area contributed by atoms with E-state index in [2.05, 4.69) is 60.9 Å². The molecule has 5 N–H and O–H groups in total. The molecule has 2 aliphatic heterocycles. The number of nitrogens with one attached hydrogen (secondary N) is 1. The molecule has 6 aromatic rings. The van der Waals surface area contributed by atoms with Gasteiger partial charge in [-0.05, 0) is 24.3 Å². The van der Waals surface area contributed by atoms with Gasteiger partial charge in [0.05, 0.1) is 75.3 Å². The summed E-state index contributed by atoms with van der Waals surface area (Å²) in [4.78, 5) is 0. The van der Waals surface area contributed by atoms with E-state index in [0.717, 1.165) is 45.4 Å². The average Bonchev–Trinajstić information content (AvgIpc) is 3.88. The number of aromatic nitrogens is 2. The molecule has 4 heterocycles. The molecular weight excluding hydrogens is 1010 g/mol. The second-order valence-corrected chi connectivity index (χ2v) is 17.7. The first-order valence-electron chi connectivity index (χ1n) is 24.3. The van der Waals surface area contributed by atoms with E-state index < -0.39 is 37.3 Å². The summed E-state index contributed by atoms with van der Waals surface area (Å²) in [6, 6.07) is 31.0. The van der Waals surface area contributed by atoms with Crippen molar-refractivity contribution >= 4 is 73.4 Å². The van der Waals surface area contributed by atoms with Crippen molar-refractivity contribution in [1.82, 2.24) is 13.9 Å². The molecule has 6 atom stereocenters. The van der Waals surface area contributed by atoms with E-state index in [1.54, 1.807) is 0 Å². The number of aliphatic hydroxyl groups is 2. The molecule has 0 saturated carbocycles. The molecule has 0 amide bonds. The van der Waals surface area contributed by atoms with Crippen LogP contribution in [-0.2, 0) is 65.7 Å². The van der Waals surface area contributed by atoms with Crippen molar-refractivity contribution in [2.24, 2.45) is 5.73 Å². The molecule has 2 aromatic heterocycles. The minimum atomic E-state index is -3.43. The molecule has 0 spiro atoms. The third-order valence-electron chi connectivity index (χ3n) is 9.09. The number of hydrogen-bond acceptors (Lipinski definition) is 9. The Morgan fingerprint density at radius 3 is 1.01 bits per heavy atom. The van der Waals surface area contributed by atoms with Crippen molar-refractivity contribution in [3.05, 3.63) is 97.1 Å². The fourth-order valence-corrected chi connectivity index (χ4v) is 7.80. The predicted octanol–water partition coefficient (Wildman–Crippen LogP) is 12.1. The van der Waals surface area contributed by atoms with E-state index in [9.17, 15) is 27.0 Å². The van der Waals surface area contributed by atoms with Gasteiger partial charge in [-0.2, -0.15) is 0 Å². The van der Waals surface area contributed by atoms with E-state index in [-0.39, 0.29) is 61.8 Å².